The van der Waals surface area contributed by atoms with Crippen LogP contribution in [0.15, 0.2) is 16.5 Å². The molecule has 0 aliphatic carbocycles. The molecule has 2 aliphatic heterocycles. The molecule has 0 spiro atoms. The monoisotopic (exact) mass is 249 g/mol. The zero-order valence-corrected chi connectivity index (χ0v) is 10.8. The van der Waals surface area contributed by atoms with Crippen molar-refractivity contribution in [3.8, 4) is 0 Å². The topological polar surface area (TPSA) is 53.7 Å². The molecular weight excluding hydrogens is 230 g/mol. The average Bonchev–Trinajstić information content (AvgIpc) is 3.01. The maximum atomic E-state index is 11.3. The van der Waals surface area contributed by atoms with Crippen molar-refractivity contribution in [3.63, 3.8) is 0 Å². The first-order valence-corrected chi connectivity index (χ1v) is 6.64. The quantitative estimate of drug-likeness (QED) is 0.894. The molecular formula is C14H19NO3. The molecule has 4 nitrogen and oxygen atoms in total. The van der Waals surface area contributed by atoms with Gasteiger partial charge in [-0.05, 0) is 45.2 Å². The summed E-state index contributed by atoms with van der Waals surface area (Å²) < 4.78 is 5.69. The van der Waals surface area contributed by atoms with Crippen molar-refractivity contribution in [2.24, 2.45) is 5.92 Å². The van der Waals surface area contributed by atoms with Gasteiger partial charge in [-0.25, -0.2) is 0 Å². The van der Waals surface area contributed by atoms with Gasteiger partial charge in [0.05, 0.1) is 12.0 Å². The minimum absolute atomic E-state index is 0.181. The van der Waals surface area contributed by atoms with Crippen LogP contribution in [0.25, 0.3) is 0 Å². The molecule has 18 heavy (non-hydrogen) atoms. The van der Waals surface area contributed by atoms with Crippen LogP contribution in [0.3, 0.4) is 0 Å². The molecule has 1 N–H and O–H groups in total. The number of aliphatic carboxylic acids is 1. The average molecular weight is 249 g/mol. The van der Waals surface area contributed by atoms with E-state index in [9.17, 15) is 9.90 Å². The lowest BCUT2D eigenvalue weighted by Gasteiger charge is -2.28. The molecule has 0 amide bonds. The summed E-state index contributed by atoms with van der Waals surface area (Å²) in [5.74, 6) is 1.03. The molecule has 0 aromatic carbocycles. The third-order valence-corrected chi connectivity index (χ3v) is 4.53. The predicted molar refractivity (Wildman–Crippen MR) is 66.3 cm³/mol. The summed E-state index contributed by atoms with van der Waals surface area (Å²) in [5.41, 5.74) is 0. The summed E-state index contributed by atoms with van der Waals surface area (Å²) in [4.78, 5) is 13.6. The van der Waals surface area contributed by atoms with Gasteiger partial charge in [0.15, 0.2) is 0 Å². The van der Waals surface area contributed by atoms with Crippen LogP contribution in [0, 0.1) is 12.8 Å². The molecule has 0 saturated carbocycles. The van der Waals surface area contributed by atoms with E-state index >= 15 is 0 Å². The van der Waals surface area contributed by atoms with Crippen LogP contribution in [0.1, 0.15) is 43.7 Å². The Kier molecular flexibility index (Phi) is 2.70. The van der Waals surface area contributed by atoms with Crippen molar-refractivity contribution >= 4 is 5.97 Å². The van der Waals surface area contributed by atoms with Gasteiger partial charge in [-0.1, -0.05) is 0 Å². The van der Waals surface area contributed by atoms with Crippen molar-refractivity contribution in [2.75, 3.05) is 0 Å². The fourth-order valence-electron chi connectivity index (χ4n) is 3.72. The van der Waals surface area contributed by atoms with Gasteiger partial charge in [0.2, 0.25) is 0 Å². The summed E-state index contributed by atoms with van der Waals surface area (Å²) in [7, 11) is 0. The van der Waals surface area contributed by atoms with E-state index in [1.54, 1.807) is 0 Å². The lowest BCUT2D eigenvalue weighted by atomic mass is 9.89. The van der Waals surface area contributed by atoms with Gasteiger partial charge in [-0.2, -0.15) is 0 Å². The number of furan rings is 1. The van der Waals surface area contributed by atoms with Gasteiger partial charge in [0, 0.05) is 12.1 Å². The lowest BCUT2D eigenvalue weighted by molar-refractivity contribution is -0.142. The maximum Gasteiger partial charge on any atom is 0.308 e. The Balaban J connectivity index is 1.83. The van der Waals surface area contributed by atoms with Crippen LogP contribution < -0.4 is 0 Å². The summed E-state index contributed by atoms with van der Waals surface area (Å²) in [5, 5.41) is 9.26. The number of hydrogen-bond donors (Lipinski definition) is 1. The van der Waals surface area contributed by atoms with E-state index in [0.29, 0.717) is 6.04 Å². The molecule has 0 radical (unpaired) electrons. The highest BCUT2D eigenvalue weighted by Crippen LogP contribution is 2.46. The number of carbonyl (C=O) groups is 1. The van der Waals surface area contributed by atoms with E-state index < -0.39 is 5.97 Å². The third-order valence-electron chi connectivity index (χ3n) is 4.53. The van der Waals surface area contributed by atoms with Crippen LogP contribution in [0.5, 0.6) is 0 Å². The summed E-state index contributed by atoms with van der Waals surface area (Å²) in [6.45, 7) is 4.06. The molecule has 1 aromatic rings. The Morgan fingerprint density at radius 1 is 1.50 bits per heavy atom. The fraction of sp³-hybridized carbons (Fsp3) is 0.643. The van der Waals surface area contributed by atoms with Gasteiger partial charge < -0.3 is 9.52 Å². The molecule has 4 atom stereocenters. The van der Waals surface area contributed by atoms with Crippen LogP contribution in [0.2, 0.25) is 0 Å². The highest BCUT2D eigenvalue weighted by atomic mass is 16.4. The van der Waals surface area contributed by atoms with Crippen LogP contribution in [0.4, 0.5) is 0 Å². The predicted octanol–water partition coefficient (Wildman–Crippen LogP) is 2.59. The van der Waals surface area contributed by atoms with Crippen molar-refractivity contribution in [1.29, 1.82) is 0 Å². The highest BCUT2D eigenvalue weighted by molar-refractivity contribution is 5.71. The summed E-state index contributed by atoms with van der Waals surface area (Å²) in [6.07, 6.45) is 2.92. The van der Waals surface area contributed by atoms with Crippen molar-refractivity contribution in [3.05, 3.63) is 23.7 Å². The van der Waals surface area contributed by atoms with E-state index in [1.807, 2.05) is 19.1 Å². The molecule has 2 bridgehead atoms. The Hall–Kier alpha value is -1.29. The molecule has 98 valence electrons. The van der Waals surface area contributed by atoms with Gasteiger partial charge in [-0.3, -0.25) is 9.69 Å². The van der Waals surface area contributed by atoms with Gasteiger partial charge in [0.25, 0.3) is 0 Å². The second-order valence-corrected chi connectivity index (χ2v) is 5.55. The van der Waals surface area contributed by atoms with Crippen LogP contribution >= 0.6 is 0 Å². The normalized spacial score (nSPS) is 32.9. The molecule has 4 unspecified atom stereocenters. The zero-order chi connectivity index (χ0) is 12.9. The van der Waals surface area contributed by atoms with E-state index in [2.05, 4.69) is 11.8 Å². The standard InChI is InChI=1S/C14H19NO3/c1-8-3-6-13(18-8)9(2)15-10-4-5-12(15)11(7-10)14(16)17/h3,6,9-12H,4-5,7H2,1-2H3,(H,16,17). The van der Waals surface area contributed by atoms with Gasteiger partial charge in [-0.15, -0.1) is 0 Å². The first-order valence-electron chi connectivity index (χ1n) is 6.64. The Morgan fingerprint density at radius 2 is 2.28 bits per heavy atom. The number of carboxylic acids is 1. The van der Waals surface area contributed by atoms with Crippen molar-refractivity contribution in [1.82, 2.24) is 4.90 Å². The molecule has 4 heteroatoms. The van der Waals surface area contributed by atoms with Crippen LogP contribution in [-0.4, -0.2) is 28.1 Å². The van der Waals surface area contributed by atoms with E-state index in [-0.39, 0.29) is 18.0 Å². The number of hydrogen-bond acceptors (Lipinski definition) is 3. The number of fused-ring (bicyclic) bond motifs is 2. The second kappa shape index (κ2) is 4.12. The van der Waals surface area contributed by atoms with Crippen LogP contribution in [-0.2, 0) is 4.79 Å². The van der Waals surface area contributed by atoms with Gasteiger partial charge >= 0.3 is 5.97 Å². The van der Waals surface area contributed by atoms with E-state index in [0.717, 1.165) is 30.8 Å². The molecule has 1 aromatic heterocycles. The SMILES string of the molecule is Cc1ccc(C(C)N2C3CCC2C(C(=O)O)C3)o1. The zero-order valence-electron chi connectivity index (χ0n) is 10.8. The molecule has 3 heterocycles. The van der Waals surface area contributed by atoms with E-state index in [1.165, 1.54) is 0 Å². The number of nitrogens with zero attached hydrogens (tertiary/aromatic N) is 1. The first-order chi connectivity index (χ1) is 8.58. The smallest absolute Gasteiger partial charge is 0.308 e. The number of aryl methyl sites for hydroxylation is 1. The number of rotatable bonds is 3. The van der Waals surface area contributed by atoms with Gasteiger partial charge in [0.1, 0.15) is 11.5 Å². The maximum absolute atomic E-state index is 11.3. The summed E-state index contributed by atoms with van der Waals surface area (Å²) >= 11 is 0. The summed E-state index contributed by atoms with van der Waals surface area (Å²) in [6, 6.07) is 4.76. The van der Waals surface area contributed by atoms with Crippen molar-refractivity contribution < 1.29 is 14.3 Å². The third kappa shape index (κ3) is 1.67. The lowest BCUT2D eigenvalue weighted by Crippen LogP contribution is -2.34. The largest absolute Gasteiger partial charge is 0.481 e. The van der Waals surface area contributed by atoms with Crippen molar-refractivity contribution in [2.45, 2.75) is 51.2 Å². The Labute approximate surface area is 107 Å². The molecule has 3 rings (SSSR count). The number of carboxylic acid groups (broad SMARTS) is 1. The Bertz CT molecular complexity index is 467. The highest BCUT2D eigenvalue weighted by Gasteiger charge is 2.51. The minimum atomic E-state index is -0.643. The molecule has 2 aliphatic rings. The van der Waals surface area contributed by atoms with E-state index in [4.69, 9.17) is 4.42 Å². The fourth-order valence-corrected chi connectivity index (χ4v) is 3.72. The minimum Gasteiger partial charge on any atom is -0.481 e. The molecule has 2 fully saturated rings. The Morgan fingerprint density at radius 3 is 2.83 bits per heavy atom. The molecule has 2 saturated heterocycles. The first kappa shape index (κ1) is 11.8. The second-order valence-electron chi connectivity index (χ2n) is 5.55.